The molecule has 0 radical (unpaired) electrons. The Morgan fingerprint density at radius 3 is 2.81 bits per heavy atom. The number of benzene rings is 1. The number of amides is 1. The third-order valence-electron chi connectivity index (χ3n) is 4.53. The summed E-state index contributed by atoms with van der Waals surface area (Å²) in [6.45, 7) is 7.99. The first-order valence-corrected chi connectivity index (χ1v) is 7.93. The highest BCUT2D eigenvalue weighted by Crippen LogP contribution is 2.22. The zero-order chi connectivity index (χ0) is 15.2. The third-order valence-corrected chi connectivity index (χ3v) is 4.53. The van der Waals surface area contributed by atoms with Crippen LogP contribution in [0.2, 0.25) is 0 Å². The first kappa shape index (κ1) is 15.8. The van der Waals surface area contributed by atoms with E-state index in [9.17, 15) is 4.79 Å². The van der Waals surface area contributed by atoms with Gasteiger partial charge in [-0.3, -0.25) is 4.79 Å². The minimum Gasteiger partial charge on any atom is -0.397 e. The van der Waals surface area contributed by atoms with E-state index in [0.717, 1.165) is 31.3 Å². The number of nitrogens with zero attached hydrogens (tertiary/aromatic N) is 1. The van der Waals surface area contributed by atoms with E-state index < -0.39 is 0 Å². The van der Waals surface area contributed by atoms with E-state index >= 15 is 0 Å². The van der Waals surface area contributed by atoms with Crippen molar-refractivity contribution in [2.24, 2.45) is 11.8 Å². The van der Waals surface area contributed by atoms with Gasteiger partial charge >= 0.3 is 0 Å². The van der Waals surface area contributed by atoms with Crippen LogP contribution in [-0.2, 0) is 4.79 Å². The molecule has 116 valence electrons. The average molecular weight is 289 g/mol. The van der Waals surface area contributed by atoms with Crippen LogP contribution in [0.15, 0.2) is 24.3 Å². The van der Waals surface area contributed by atoms with Gasteiger partial charge in [0.1, 0.15) is 0 Å². The number of hydrogen-bond donors (Lipinski definition) is 2. The lowest BCUT2D eigenvalue weighted by Crippen LogP contribution is -2.39. The van der Waals surface area contributed by atoms with Gasteiger partial charge in [0, 0.05) is 13.0 Å². The highest BCUT2D eigenvalue weighted by Gasteiger charge is 2.22. The minimum atomic E-state index is 0.0475. The van der Waals surface area contributed by atoms with Crippen molar-refractivity contribution in [1.29, 1.82) is 0 Å². The number of para-hydroxylation sites is 2. The number of likely N-dealkylation sites (tertiary alicyclic amines) is 1. The summed E-state index contributed by atoms with van der Waals surface area (Å²) >= 11 is 0. The Hall–Kier alpha value is -1.55. The Kier molecular flexibility index (Phi) is 5.62. The predicted octanol–water partition coefficient (Wildman–Crippen LogP) is 2.97. The lowest BCUT2D eigenvalue weighted by atomic mass is 9.88. The highest BCUT2D eigenvalue weighted by molar-refractivity contribution is 5.93. The fourth-order valence-corrected chi connectivity index (χ4v) is 2.84. The molecule has 0 bridgehead atoms. The molecule has 1 heterocycles. The maximum absolute atomic E-state index is 11.9. The number of anilines is 2. The Morgan fingerprint density at radius 1 is 1.33 bits per heavy atom. The SMILES string of the molecule is CC1CCN(CCCC(=O)Nc2ccccc2N)CC1C. The number of carbonyl (C=O) groups excluding carboxylic acids is 1. The number of piperidine rings is 1. The van der Waals surface area contributed by atoms with E-state index in [1.807, 2.05) is 18.2 Å². The molecule has 4 heteroatoms. The molecule has 1 aromatic rings. The van der Waals surface area contributed by atoms with Crippen molar-refractivity contribution in [2.45, 2.75) is 33.1 Å². The molecule has 0 spiro atoms. The zero-order valence-electron chi connectivity index (χ0n) is 13.1. The summed E-state index contributed by atoms with van der Waals surface area (Å²) < 4.78 is 0. The van der Waals surface area contributed by atoms with Crippen molar-refractivity contribution in [2.75, 3.05) is 30.7 Å². The van der Waals surface area contributed by atoms with Gasteiger partial charge in [0.25, 0.3) is 0 Å². The van der Waals surface area contributed by atoms with Crippen LogP contribution >= 0.6 is 0 Å². The van der Waals surface area contributed by atoms with Crippen molar-refractivity contribution in [3.63, 3.8) is 0 Å². The fourth-order valence-electron chi connectivity index (χ4n) is 2.84. The second-order valence-electron chi connectivity index (χ2n) is 6.28. The van der Waals surface area contributed by atoms with Crippen LogP contribution in [0, 0.1) is 11.8 Å². The average Bonchev–Trinajstić information content (AvgIpc) is 2.45. The number of carbonyl (C=O) groups is 1. The fraction of sp³-hybridized carbons (Fsp3) is 0.588. The topological polar surface area (TPSA) is 58.4 Å². The Balaban J connectivity index is 1.69. The van der Waals surface area contributed by atoms with Crippen LogP contribution < -0.4 is 11.1 Å². The molecule has 4 nitrogen and oxygen atoms in total. The predicted molar refractivity (Wildman–Crippen MR) is 88.1 cm³/mol. The molecule has 0 saturated carbocycles. The number of rotatable bonds is 5. The van der Waals surface area contributed by atoms with E-state index in [1.165, 1.54) is 13.0 Å². The largest absolute Gasteiger partial charge is 0.397 e. The number of nitrogens with two attached hydrogens (primary N) is 1. The van der Waals surface area contributed by atoms with E-state index in [4.69, 9.17) is 5.73 Å². The van der Waals surface area contributed by atoms with Gasteiger partial charge in [0.05, 0.1) is 11.4 Å². The molecule has 2 unspecified atom stereocenters. The summed E-state index contributed by atoms with van der Waals surface area (Å²) in [6, 6.07) is 7.37. The monoisotopic (exact) mass is 289 g/mol. The Bertz CT molecular complexity index is 475. The summed E-state index contributed by atoms with van der Waals surface area (Å²) in [6.07, 6.45) is 2.72. The van der Waals surface area contributed by atoms with Crippen molar-refractivity contribution in [1.82, 2.24) is 4.90 Å². The summed E-state index contributed by atoms with van der Waals surface area (Å²) in [4.78, 5) is 14.4. The first-order chi connectivity index (χ1) is 10.1. The molecule has 1 aliphatic heterocycles. The molecule has 0 aromatic heterocycles. The normalized spacial score (nSPS) is 23.0. The van der Waals surface area contributed by atoms with Gasteiger partial charge in [-0.05, 0) is 49.9 Å². The van der Waals surface area contributed by atoms with Crippen LogP contribution in [0.5, 0.6) is 0 Å². The molecular formula is C17H27N3O. The molecule has 1 fully saturated rings. The molecule has 3 N–H and O–H groups in total. The van der Waals surface area contributed by atoms with Crippen molar-refractivity contribution in [3.8, 4) is 0 Å². The van der Waals surface area contributed by atoms with Crippen molar-refractivity contribution >= 4 is 17.3 Å². The molecule has 21 heavy (non-hydrogen) atoms. The Labute approximate surface area is 127 Å². The number of nitrogens with one attached hydrogen (secondary N) is 1. The lowest BCUT2D eigenvalue weighted by Gasteiger charge is -2.35. The van der Waals surface area contributed by atoms with Gasteiger partial charge in [0.15, 0.2) is 0 Å². The van der Waals surface area contributed by atoms with Crippen LogP contribution in [0.25, 0.3) is 0 Å². The summed E-state index contributed by atoms with van der Waals surface area (Å²) in [5, 5.41) is 2.88. The van der Waals surface area contributed by atoms with E-state index in [1.54, 1.807) is 6.07 Å². The standard InChI is InChI=1S/C17H27N3O/c1-13-9-11-20(12-14(13)2)10-5-8-17(21)19-16-7-4-3-6-15(16)18/h3-4,6-7,13-14H,5,8-12,18H2,1-2H3,(H,19,21). The maximum Gasteiger partial charge on any atom is 0.224 e. The molecule has 0 aliphatic carbocycles. The van der Waals surface area contributed by atoms with Crippen LogP contribution in [0.3, 0.4) is 0 Å². The van der Waals surface area contributed by atoms with Crippen molar-refractivity contribution < 1.29 is 4.79 Å². The van der Waals surface area contributed by atoms with E-state index in [2.05, 4.69) is 24.1 Å². The molecule has 2 atom stereocenters. The first-order valence-electron chi connectivity index (χ1n) is 7.93. The van der Waals surface area contributed by atoms with Gasteiger partial charge in [-0.25, -0.2) is 0 Å². The molecule has 1 aliphatic rings. The summed E-state index contributed by atoms with van der Waals surface area (Å²) in [7, 11) is 0. The summed E-state index contributed by atoms with van der Waals surface area (Å²) in [5.74, 6) is 1.63. The van der Waals surface area contributed by atoms with Gasteiger partial charge in [-0.1, -0.05) is 26.0 Å². The molecule has 1 amide bonds. The lowest BCUT2D eigenvalue weighted by molar-refractivity contribution is -0.116. The molecule has 2 rings (SSSR count). The zero-order valence-corrected chi connectivity index (χ0v) is 13.1. The van der Waals surface area contributed by atoms with Crippen LogP contribution in [0.4, 0.5) is 11.4 Å². The third kappa shape index (κ3) is 4.74. The van der Waals surface area contributed by atoms with Gasteiger partial charge in [0.2, 0.25) is 5.91 Å². The van der Waals surface area contributed by atoms with Crippen molar-refractivity contribution in [3.05, 3.63) is 24.3 Å². The van der Waals surface area contributed by atoms with Gasteiger partial charge in [-0.2, -0.15) is 0 Å². The van der Waals surface area contributed by atoms with Gasteiger partial charge < -0.3 is 16.0 Å². The maximum atomic E-state index is 11.9. The molecule has 1 saturated heterocycles. The van der Waals surface area contributed by atoms with Crippen LogP contribution in [0.1, 0.15) is 33.1 Å². The Morgan fingerprint density at radius 2 is 2.10 bits per heavy atom. The quantitative estimate of drug-likeness (QED) is 0.819. The second kappa shape index (κ2) is 7.46. The minimum absolute atomic E-state index is 0.0475. The summed E-state index contributed by atoms with van der Waals surface area (Å²) in [5.41, 5.74) is 7.15. The van der Waals surface area contributed by atoms with Gasteiger partial charge in [-0.15, -0.1) is 0 Å². The van der Waals surface area contributed by atoms with Crippen LogP contribution in [-0.4, -0.2) is 30.4 Å². The van der Waals surface area contributed by atoms with E-state index in [-0.39, 0.29) is 5.91 Å². The highest BCUT2D eigenvalue weighted by atomic mass is 16.1. The molecular weight excluding hydrogens is 262 g/mol. The van der Waals surface area contributed by atoms with E-state index in [0.29, 0.717) is 17.8 Å². The smallest absolute Gasteiger partial charge is 0.224 e. The molecule has 1 aromatic carbocycles. The second-order valence-corrected chi connectivity index (χ2v) is 6.28. The number of nitrogen functional groups attached to an aromatic ring is 1. The number of hydrogen-bond acceptors (Lipinski definition) is 3.